The minimum atomic E-state index is -0.822. The highest BCUT2D eigenvalue weighted by Crippen LogP contribution is 2.28. The first kappa shape index (κ1) is 19.4. The molecule has 0 atom stereocenters. The molecule has 2 aromatic rings. The predicted molar refractivity (Wildman–Crippen MR) is 92.0 cm³/mol. The van der Waals surface area contributed by atoms with Gasteiger partial charge in [0, 0.05) is 18.1 Å². The normalized spacial score (nSPS) is 15.4. The van der Waals surface area contributed by atoms with Crippen molar-refractivity contribution in [2.45, 2.75) is 31.2 Å². The van der Waals surface area contributed by atoms with Crippen LogP contribution in [0.25, 0.3) is 5.69 Å². The van der Waals surface area contributed by atoms with E-state index in [1.807, 2.05) is 0 Å². The van der Waals surface area contributed by atoms with Gasteiger partial charge in [0.1, 0.15) is 5.69 Å². The Bertz CT molecular complexity index is 658. The molecular weight excluding hydrogens is 342 g/mol. The van der Waals surface area contributed by atoms with Gasteiger partial charge >= 0.3 is 0 Å². The van der Waals surface area contributed by atoms with Crippen LogP contribution in [0.15, 0.2) is 36.7 Å². The molecule has 0 radical (unpaired) electrons. The summed E-state index contributed by atoms with van der Waals surface area (Å²) in [5.41, 5.74) is 6.00. The fraction of sp³-hybridized carbons (Fsp3) is 0.333. The van der Waals surface area contributed by atoms with Crippen LogP contribution in [0.3, 0.4) is 0 Å². The second-order valence-electron chi connectivity index (χ2n) is 5.43. The second kappa shape index (κ2) is 7.77. The van der Waals surface area contributed by atoms with E-state index >= 15 is 0 Å². The number of nitrogens with two attached hydrogens (primary N) is 1. The van der Waals surface area contributed by atoms with E-state index in [9.17, 15) is 9.18 Å². The molecule has 126 valence electrons. The van der Waals surface area contributed by atoms with E-state index < -0.39 is 11.4 Å². The van der Waals surface area contributed by atoms with Crippen molar-refractivity contribution < 1.29 is 9.18 Å². The number of halogens is 3. The van der Waals surface area contributed by atoms with Crippen molar-refractivity contribution >= 4 is 36.4 Å². The van der Waals surface area contributed by atoms with Crippen LogP contribution in [0.2, 0.25) is 0 Å². The van der Waals surface area contributed by atoms with Crippen LogP contribution in [0.4, 0.5) is 10.1 Å². The maximum atomic E-state index is 14.1. The molecule has 1 saturated carbocycles. The molecule has 1 aliphatic rings. The number of carbonyl (C=O) groups excluding carboxylic acids is 1. The molecule has 1 fully saturated rings. The molecule has 3 rings (SSSR count). The molecule has 1 heterocycles. The van der Waals surface area contributed by atoms with Crippen LogP contribution >= 0.6 is 24.8 Å². The third-order valence-corrected chi connectivity index (χ3v) is 3.90. The average Bonchev–Trinajstić information content (AvgIpc) is 3.11. The van der Waals surface area contributed by atoms with Gasteiger partial charge in [-0.1, -0.05) is 12.8 Å². The van der Waals surface area contributed by atoms with E-state index in [-0.39, 0.29) is 30.7 Å². The van der Waals surface area contributed by atoms with Gasteiger partial charge in [0.15, 0.2) is 5.82 Å². The first-order valence-corrected chi connectivity index (χ1v) is 6.98. The first-order valence-electron chi connectivity index (χ1n) is 6.98. The van der Waals surface area contributed by atoms with Crippen LogP contribution in [0, 0.1) is 5.82 Å². The van der Waals surface area contributed by atoms with Crippen LogP contribution in [-0.4, -0.2) is 21.2 Å². The number of carbonyl (C=O) groups is 1. The summed E-state index contributed by atoms with van der Waals surface area (Å²) in [6.45, 7) is 0. The summed E-state index contributed by atoms with van der Waals surface area (Å²) in [5, 5.41) is 6.69. The van der Waals surface area contributed by atoms with Gasteiger partial charge in [0.25, 0.3) is 0 Å². The second-order valence-corrected chi connectivity index (χ2v) is 5.43. The highest BCUT2D eigenvalue weighted by atomic mass is 35.5. The summed E-state index contributed by atoms with van der Waals surface area (Å²) < 4.78 is 15.5. The average molecular weight is 361 g/mol. The quantitative estimate of drug-likeness (QED) is 0.883. The molecule has 0 spiro atoms. The van der Waals surface area contributed by atoms with Crippen molar-refractivity contribution in [3.8, 4) is 5.69 Å². The van der Waals surface area contributed by atoms with Crippen LogP contribution in [0.1, 0.15) is 25.7 Å². The third-order valence-electron chi connectivity index (χ3n) is 3.90. The van der Waals surface area contributed by atoms with Gasteiger partial charge in [-0.15, -0.1) is 24.8 Å². The van der Waals surface area contributed by atoms with Gasteiger partial charge in [0.2, 0.25) is 5.91 Å². The van der Waals surface area contributed by atoms with Crippen molar-refractivity contribution in [1.29, 1.82) is 0 Å². The predicted octanol–water partition coefficient (Wildman–Crippen LogP) is 3.07. The van der Waals surface area contributed by atoms with Crippen molar-refractivity contribution in [2.75, 3.05) is 5.32 Å². The lowest BCUT2D eigenvalue weighted by atomic mass is 9.98. The van der Waals surface area contributed by atoms with Crippen LogP contribution in [-0.2, 0) is 4.79 Å². The van der Waals surface area contributed by atoms with E-state index in [4.69, 9.17) is 5.73 Å². The smallest absolute Gasteiger partial charge is 0.244 e. The monoisotopic (exact) mass is 360 g/mol. The molecule has 5 nitrogen and oxygen atoms in total. The van der Waals surface area contributed by atoms with Crippen LogP contribution < -0.4 is 11.1 Å². The number of benzene rings is 1. The molecule has 0 bridgehead atoms. The highest BCUT2D eigenvalue weighted by Gasteiger charge is 2.37. The van der Waals surface area contributed by atoms with E-state index in [0.717, 1.165) is 12.8 Å². The zero-order valence-electron chi connectivity index (χ0n) is 12.4. The van der Waals surface area contributed by atoms with Crippen molar-refractivity contribution in [2.24, 2.45) is 5.73 Å². The standard InChI is InChI=1S/C15H17FN4O.2ClH/c16-12-10-11(4-5-13(12)20-9-3-8-18-20)19-14(21)15(17)6-1-2-7-15;;/h3-5,8-10H,1-2,6-7,17H2,(H,19,21);2*1H. The Morgan fingerprint density at radius 1 is 1.30 bits per heavy atom. The summed E-state index contributed by atoms with van der Waals surface area (Å²) in [6.07, 6.45) is 6.49. The number of hydrogen-bond acceptors (Lipinski definition) is 3. The SMILES string of the molecule is Cl.Cl.NC1(C(=O)Nc2ccc(-n3cccn3)c(F)c2)CCCC1. The number of rotatable bonds is 3. The van der Waals surface area contributed by atoms with E-state index in [0.29, 0.717) is 24.2 Å². The van der Waals surface area contributed by atoms with E-state index in [1.165, 1.54) is 10.7 Å². The zero-order chi connectivity index (χ0) is 14.9. The summed E-state index contributed by atoms with van der Waals surface area (Å²) in [4.78, 5) is 12.2. The van der Waals surface area contributed by atoms with Gasteiger partial charge in [0.05, 0.1) is 5.54 Å². The van der Waals surface area contributed by atoms with Gasteiger partial charge in [-0.2, -0.15) is 5.10 Å². The summed E-state index contributed by atoms with van der Waals surface area (Å²) in [6, 6.07) is 6.23. The molecule has 1 aliphatic carbocycles. The molecule has 1 aromatic heterocycles. The van der Waals surface area contributed by atoms with Gasteiger partial charge in [-0.25, -0.2) is 9.07 Å². The molecule has 3 N–H and O–H groups in total. The minimum absolute atomic E-state index is 0. The fourth-order valence-electron chi connectivity index (χ4n) is 2.67. The highest BCUT2D eigenvalue weighted by molar-refractivity contribution is 5.98. The number of amides is 1. The molecule has 0 saturated heterocycles. The number of anilines is 1. The fourth-order valence-corrected chi connectivity index (χ4v) is 2.67. The molecule has 1 aromatic carbocycles. The first-order chi connectivity index (χ1) is 10.1. The molecule has 0 unspecified atom stereocenters. The molecule has 1 amide bonds. The lowest BCUT2D eigenvalue weighted by molar-refractivity contribution is -0.121. The van der Waals surface area contributed by atoms with Crippen molar-refractivity contribution in [3.63, 3.8) is 0 Å². The lowest BCUT2D eigenvalue weighted by Crippen LogP contribution is -2.48. The lowest BCUT2D eigenvalue weighted by Gasteiger charge is -2.22. The summed E-state index contributed by atoms with van der Waals surface area (Å²) >= 11 is 0. The van der Waals surface area contributed by atoms with Crippen LogP contribution in [0.5, 0.6) is 0 Å². The Morgan fingerprint density at radius 3 is 2.57 bits per heavy atom. The maximum Gasteiger partial charge on any atom is 0.244 e. The molecule has 0 aliphatic heterocycles. The minimum Gasteiger partial charge on any atom is -0.324 e. The Labute approximate surface area is 146 Å². The number of aromatic nitrogens is 2. The Balaban J connectivity index is 0.00000132. The summed E-state index contributed by atoms with van der Waals surface area (Å²) in [7, 11) is 0. The third kappa shape index (κ3) is 4.02. The van der Waals surface area contributed by atoms with Crippen molar-refractivity contribution in [3.05, 3.63) is 42.5 Å². The molecular formula is C15H19Cl2FN4O. The Hall–Kier alpha value is -1.63. The van der Waals surface area contributed by atoms with E-state index in [1.54, 1.807) is 30.6 Å². The zero-order valence-corrected chi connectivity index (χ0v) is 14.0. The number of hydrogen-bond donors (Lipinski definition) is 2. The van der Waals surface area contributed by atoms with E-state index in [2.05, 4.69) is 10.4 Å². The molecule has 8 heteroatoms. The Kier molecular flexibility index (Phi) is 6.56. The maximum absolute atomic E-state index is 14.1. The van der Waals surface area contributed by atoms with Gasteiger partial charge in [-0.3, -0.25) is 4.79 Å². The summed E-state index contributed by atoms with van der Waals surface area (Å²) in [5.74, 6) is -0.694. The topological polar surface area (TPSA) is 72.9 Å². The molecule has 23 heavy (non-hydrogen) atoms. The number of nitrogens with one attached hydrogen (secondary N) is 1. The largest absolute Gasteiger partial charge is 0.324 e. The van der Waals surface area contributed by atoms with Gasteiger partial charge in [-0.05, 0) is 37.1 Å². The number of nitrogens with zero attached hydrogens (tertiary/aromatic N) is 2. The van der Waals surface area contributed by atoms with Crippen molar-refractivity contribution in [1.82, 2.24) is 9.78 Å². The van der Waals surface area contributed by atoms with Gasteiger partial charge < -0.3 is 11.1 Å². The Morgan fingerprint density at radius 2 is 2.00 bits per heavy atom.